The van der Waals surface area contributed by atoms with Gasteiger partial charge in [0.15, 0.2) is 0 Å². The van der Waals surface area contributed by atoms with Gasteiger partial charge in [-0.05, 0) is 24.1 Å². The minimum absolute atomic E-state index is 0.0575. The molecule has 4 heteroatoms. The van der Waals surface area contributed by atoms with Crippen molar-refractivity contribution >= 4 is 11.6 Å². The Labute approximate surface area is 94.7 Å². The number of aliphatic hydroxyl groups excluding tert-OH is 1. The highest BCUT2D eigenvalue weighted by atomic mass is 16.3. The summed E-state index contributed by atoms with van der Waals surface area (Å²) in [7, 11) is 0. The molecular weight excluding hydrogens is 204 g/mol. The normalized spacial score (nSPS) is 20.1. The van der Waals surface area contributed by atoms with E-state index >= 15 is 0 Å². The molecule has 1 saturated heterocycles. The van der Waals surface area contributed by atoms with Gasteiger partial charge in [-0.1, -0.05) is 12.1 Å². The molecule has 3 N–H and O–H groups in total. The number of carbonyl (C=O) groups excluding carboxylic acids is 1. The Morgan fingerprint density at radius 2 is 2.38 bits per heavy atom. The van der Waals surface area contributed by atoms with Crippen LogP contribution in [0.5, 0.6) is 0 Å². The number of likely N-dealkylation sites (tertiary alicyclic amines) is 1. The zero-order chi connectivity index (χ0) is 11.5. The Balaban J connectivity index is 1.97. The van der Waals surface area contributed by atoms with Crippen LogP contribution in [-0.4, -0.2) is 35.1 Å². The Hall–Kier alpha value is -1.55. The molecule has 4 nitrogen and oxygen atoms in total. The number of hydrogen-bond acceptors (Lipinski definition) is 3. The number of benzene rings is 1. The van der Waals surface area contributed by atoms with Crippen molar-refractivity contribution in [2.24, 2.45) is 0 Å². The Morgan fingerprint density at radius 1 is 1.56 bits per heavy atom. The number of nitrogens with zero attached hydrogens (tertiary/aromatic N) is 1. The van der Waals surface area contributed by atoms with Gasteiger partial charge in [0.1, 0.15) is 0 Å². The molecule has 0 bridgehead atoms. The van der Waals surface area contributed by atoms with Crippen molar-refractivity contribution in [3.8, 4) is 0 Å². The van der Waals surface area contributed by atoms with Gasteiger partial charge in [0.25, 0.3) is 0 Å². The predicted molar refractivity (Wildman–Crippen MR) is 61.8 cm³/mol. The third kappa shape index (κ3) is 2.52. The van der Waals surface area contributed by atoms with Crippen molar-refractivity contribution in [3.63, 3.8) is 0 Å². The van der Waals surface area contributed by atoms with Gasteiger partial charge in [0, 0.05) is 18.8 Å². The zero-order valence-electron chi connectivity index (χ0n) is 9.10. The fourth-order valence-corrected chi connectivity index (χ4v) is 1.96. The zero-order valence-corrected chi connectivity index (χ0v) is 9.10. The minimum Gasteiger partial charge on any atom is -0.399 e. The maximum atomic E-state index is 11.8. The van der Waals surface area contributed by atoms with Crippen LogP contribution >= 0.6 is 0 Å². The van der Waals surface area contributed by atoms with Crippen molar-refractivity contribution in [1.82, 2.24) is 4.90 Å². The Bertz CT molecular complexity index is 392. The molecular formula is C12H16N2O2. The van der Waals surface area contributed by atoms with E-state index < -0.39 is 0 Å². The highest BCUT2D eigenvalue weighted by molar-refractivity contribution is 5.79. The number of anilines is 1. The van der Waals surface area contributed by atoms with Crippen molar-refractivity contribution in [3.05, 3.63) is 29.8 Å². The number of rotatable bonds is 2. The lowest BCUT2D eigenvalue weighted by Gasteiger charge is -2.15. The van der Waals surface area contributed by atoms with Crippen LogP contribution in [0.25, 0.3) is 0 Å². The smallest absolute Gasteiger partial charge is 0.227 e. The first-order chi connectivity index (χ1) is 7.65. The number of aliphatic hydroxyl groups is 1. The molecule has 1 aromatic rings. The van der Waals surface area contributed by atoms with E-state index in [1.807, 2.05) is 18.2 Å². The van der Waals surface area contributed by atoms with E-state index in [4.69, 9.17) is 5.73 Å². The van der Waals surface area contributed by atoms with E-state index in [1.165, 1.54) is 0 Å². The molecule has 1 amide bonds. The second kappa shape index (κ2) is 4.53. The molecule has 1 aromatic carbocycles. The van der Waals surface area contributed by atoms with Crippen molar-refractivity contribution < 1.29 is 9.90 Å². The molecule has 2 rings (SSSR count). The van der Waals surface area contributed by atoms with Gasteiger partial charge in [-0.15, -0.1) is 0 Å². The summed E-state index contributed by atoms with van der Waals surface area (Å²) in [6.07, 6.45) is 0.685. The van der Waals surface area contributed by atoms with Crippen LogP contribution in [0.4, 0.5) is 5.69 Å². The number of carbonyl (C=O) groups is 1. The molecule has 0 radical (unpaired) electrons. The molecule has 0 aliphatic carbocycles. The first kappa shape index (κ1) is 11.0. The SMILES string of the molecule is Nc1cccc(CC(=O)N2CCC(O)C2)c1. The molecule has 16 heavy (non-hydrogen) atoms. The highest BCUT2D eigenvalue weighted by Gasteiger charge is 2.24. The van der Waals surface area contributed by atoms with Crippen LogP contribution in [0.15, 0.2) is 24.3 Å². The van der Waals surface area contributed by atoms with E-state index in [0.29, 0.717) is 31.6 Å². The summed E-state index contributed by atoms with van der Waals surface area (Å²) >= 11 is 0. The second-order valence-electron chi connectivity index (χ2n) is 4.20. The summed E-state index contributed by atoms with van der Waals surface area (Å²) in [5, 5.41) is 9.34. The molecule has 0 spiro atoms. The van der Waals surface area contributed by atoms with E-state index in [0.717, 1.165) is 5.56 Å². The summed E-state index contributed by atoms with van der Waals surface area (Å²) in [5.74, 6) is 0.0575. The van der Waals surface area contributed by atoms with E-state index in [9.17, 15) is 9.90 Å². The molecule has 0 aromatic heterocycles. The summed E-state index contributed by atoms with van der Waals surface area (Å²) in [4.78, 5) is 13.5. The summed E-state index contributed by atoms with van der Waals surface area (Å²) < 4.78 is 0. The average Bonchev–Trinajstić information content (AvgIpc) is 2.65. The first-order valence-corrected chi connectivity index (χ1v) is 5.45. The molecule has 1 aliphatic rings. The predicted octanol–water partition coefficient (Wildman–Crippen LogP) is 0.404. The van der Waals surface area contributed by atoms with Crippen LogP contribution in [0, 0.1) is 0 Å². The summed E-state index contributed by atoms with van der Waals surface area (Å²) in [5.41, 5.74) is 7.24. The van der Waals surface area contributed by atoms with Crippen LogP contribution in [0.2, 0.25) is 0 Å². The molecule has 0 saturated carbocycles. The molecule has 1 heterocycles. The lowest BCUT2D eigenvalue weighted by Crippen LogP contribution is -2.30. The van der Waals surface area contributed by atoms with Crippen molar-refractivity contribution in [2.75, 3.05) is 18.8 Å². The monoisotopic (exact) mass is 220 g/mol. The van der Waals surface area contributed by atoms with Gasteiger partial charge in [-0.3, -0.25) is 4.79 Å². The van der Waals surface area contributed by atoms with E-state index in [1.54, 1.807) is 11.0 Å². The first-order valence-electron chi connectivity index (χ1n) is 5.45. The Morgan fingerprint density at radius 3 is 3.00 bits per heavy atom. The van der Waals surface area contributed by atoms with Crippen LogP contribution < -0.4 is 5.73 Å². The summed E-state index contributed by atoms with van der Waals surface area (Å²) in [6.45, 7) is 1.11. The topological polar surface area (TPSA) is 66.6 Å². The molecule has 1 atom stereocenters. The second-order valence-corrected chi connectivity index (χ2v) is 4.20. The number of nitrogens with two attached hydrogens (primary N) is 1. The van der Waals surface area contributed by atoms with Crippen LogP contribution in [0.1, 0.15) is 12.0 Å². The van der Waals surface area contributed by atoms with Crippen LogP contribution in [-0.2, 0) is 11.2 Å². The van der Waals surface area contributed by atoms with Crippen molar-refractivity contribution in [2.45, 2.75) is 18.9 Å². The minimum atomic E-state index is -0.357. The van der Waals surface area contributed by atoms with Gasteiger partial charge in [0.05, 0.1) is 12.5 Å². The number of β-amino-alcohol motifs (C(OH)–C–C–N with tert-alkyl or cyclic N) is 1. The lowest BCUT2D eigenvalue weighted by molar-refractivity contribution is -0.129. The number of hydrogen-bond donors (Lipinski definition) is 2. The quantitative estimate of drug-likeness (QED) is 0.709. The van der Waals surface area contributed by atoms with E-state index in [2.05, 4.69) is 0 Å². The van der Waals surface area contributed by atoms with Crippen LogP contribution in [0.3, 0.4) is 0 Å². The molecule has 1 aliphatic heterocycles. The number of amides is 1. The fourth-order valence-electron chi connectivity index (χ4n) is 1.96. The maximum Gasteiger partial charge on any atom is 0.227 e. The third-order valence-electron chi connectivity index (χ3n) is 2.82. The molecule has 1 unspecified atom stereocenters. The summed E-state index contributed by atoms with van der Waals surface area (Å²) in [6, 6.07) is 7.34. The number of nitrogen functional groups attached to an aromatic ring is 1. The highest BCUT2D eigenvalue weighted by Crippen LogP contribution is 2.13. The van der Waals surface area contributed by atoms with Gasteiger partial charge < -0.3 is 15.7 Å². The third-order valence-corrected chi connectivity index (χ3v) is 2.82. The lowest BCUT2D eigenvalue weighted by atomic mass is 10.1. The van der Waals surface area contributed by atoms with Gasteiger partial charge in [-0.25, -0.2) is 0 Å². The van der Waals surface area contributed by atoms with Gasteiger partial charge in [0.2, 0.25) is 5.91 Å². The van der Waals surface area contributed by atoms with Gasteiger partial charge in [-0.2, -0.15) is 0 Å². The molecule has 86 valence electrons. The largest absolute Gasteiger partial charge is 0.399 e. The maximum absolute atomic E-state index is 11.8. The standard InChI is InChI=1S/C12H16N2O2/c13-10-3-1-2-9(6-10)7-12(16)14-5-4-11(15)8-14/h1-3,6,11,15H,4-5,7-8,13H2. The van der Waals surface area contributed by atoms with Crippen molar-refractivity contribution in [1.29, 1.82) is 0 Å². The average molecular weight is 220 g/mol. The molecule has 1 fully saturated rings. The van der Waals surface area contributed by atoms with Gasteiger partial charge >= 0.3 is 0 Å². The van der Waals surface area contributed by atoms with E-state index in [-0.39, 0.29) is 12.0 Å². The Kier molecular flexibility index (Phi) is 3.10. The fraction of sp³-hybridized carbons (Fsp3) is 0.417.